The number of carbonyl (C=O) groups is 2. The Morgan fingerprint density at radius 3 is 2.45 bits per heavy atom. The molecule has 7 heteroatoms. The van der Waals surface area contributed by atoms with Crippen molar-refractivity contribution in [2.24, 2.45) is 17.8 Å². The molecular formula is C22H26O5S2. The van der Waals surface area contributed by atoms with E-state index in [0.717, 1.165) is 12.8 Å². The molecule has 1 unspecified atom stereocenters. The van der Waals surface area contributed by atoms with E-state index in [1.807, 2.05) is 0 Å². The van der Waals surface area contributed by atoms with Gasteiger partial charge in [0.25, 0.3) is 0 Å². The lowest BCUT2D eigenvalue weighted by Gasteiger charge is -2.51. The second-order valence-electron chi connectivity index (χ2n) is 8.30. The molecular weight excluding hydrogens is 408 g/mol. The Bertz CT molecular complexity index is 788. The number of benzene rings is 1. The van der Waals surface area contributed by atoms with Gasteiger partial charge in [0.1, 0.15) is 13.2 Å². The van der Waals surface area contributed by atoms with E-state index in [2.05, 4.69) is 23.5 Å². The van der Waals surface area contributed by atoms with Crippen LogP contribution in [-0.4, -0.2) is 47.2 Å². The van der Waals surface area contributed by atoms with Crippen molar-refractivity contribution in [3.63, 3.8) is 0 Å². The zero-order valence-corrected chi connectivity index (χ0v) is 18.0. The van der Waals surface area contributed by atoms with Crippen LogP contribution in [0.25, 0.3) is 0 Å². The predicted molar refractivity (Wildman–Crippen MR) is 114 cm³/mol. The highest BCUT2D eigenvalue weighted by atomic mass is 32.2. The summed E-state index contributed by atoms with van der Waals surface area (Å²) in [4.78, 5) is 25.3. The van der Waals surface area contributed by atoms with Crippen LogP contribution in [0.4, 0.5) is 0 Å². The molecule has 1 aromatic rings. The van der Waals surface area contributed by atoms with Crippen LogP contribution in [0.1, 0.15) is 42.5 Å². The summed E-state index contributed by atoms with van der Waals surface area (Å²) < 4.78 is 16.8. The average Bonchev–Trinajstić information content (AvgIpc) is 3.20. The standard InChI is InChI=1S/C22H26O5S2/c23-18(14-4-5-19-20(12-14)26-7-6-25-19)13-27-21(24)15-10-16-2-1-3-17(11-15)22(16)28-8-9-29-22/h4-5,12,15-17H,1-3,6-11,13H2/t15?,16-,17+. The lowest BCUT2D eigenvalue weighted by molar-refractivity contribution is -0.150. The Morgan fingerprint density at radius 2 is 1.72 bits per heavy atom. The molecule has 2 heterocycles. The minimum atomic E-state index is -0.209. The normalized spacial score (nSPS) is 29.4. The number of hydrogen-bond donors (Lipinski definition) is 0. The Kier molecular flexibility index (Phi) is 5.45. The van der Waals surface area contributed by atoms with Crippen molar-refractivity contribution in [1.82, 2.24) is 0 Å². The number of rotatable bonds is 4. The summed E-state index contributed by atoms with van der Waals surface area (Å²) in [7, 11) is 0. The zero-order valence-electron chi connectivity index (χ0n) is 16.4. The van der Waals surface area contributed by atoms with Crippen molar-refractivity contribution >= 4 is 35.3 Å². The summed E-state index contributed by atoms with van der Waals surface area (Å²) >= 11 is 4.27. The quantitative estimate of drug-likeness (QED) is 0.520. The van der Waals surface area contributed by atoms with Crippen LogP contribution < -0.4 is 9.47 Å². The second-order valence-corrected chi connectivity index (χ2v) is 11.3. The summed E-state index contributed by atoms with van der Waals surface area (Å²) in [6, 6.07) is 5.11. The maximum atomic E-state index is 12.8. The summed E-state index contributed by atoms with van der Waals surface area (Å²) in [5, 5.41) is 0. The largest absolute Gasteiger partial charge is 0.486 e. The fourth-order valence-electron chi connectivity index (χ4n) is 5.36. The minimum Gasteiger partial charge on any atom is -0.486 e. The molecule has 1 aromatic carbocycles. The number of esters is 1. The fourth-order valence-corrected chi connectivity index (χ4v) is 9.29. The number of ether oxygens (including phenoxy) is 3. The zero-order chi connectivity index (χ0) is 19.8. The van der Waals surface area contributed by atoms with Gasteiger partial charge in [0, 0.05) is 17.1 Å². The molecule has 0 N–H and O–H groups in total. The third kappa shape index (κ3) is 3.65. The lowest BCUT2D eigenvalue weighted by Crippen LogP contribution is -2.48. The maximum Gasteiger partial charge on any atom is 0.309 e. The molecule has 2 aliphatic heterocycles. The average molecular weight is 435 g/mol. The van der Waals surface area contributed by atoms with E-state index < -0.39 is 0 Å². The van der Waals surface area contributed by atoms with Gasteiger partial charge < -0.3 is 14.2 Å². The number of Topliss-reactive ketones (excluding diaryl/α,β-unsaturated/α-hetero) is 1. The van der Waals surface area contributed by atoms with Crippen molar-refractivity contribution < 1.29 is 23.8 Å². The van der Waals surface area contributed by atoms with E-state index in [9.17, 15) is 9.59 Å². The number of ketones is 1. The number of fused-ring (bicyclic) bond motifs is 1. The van der Waals surface area contributed by atoms with Gasteiger partial charge in [-0.1, -0.05) is 6.42 Å². The van der Waals surface area contributed by atoms with Crippen molar-refractivity contribution in [1.29, 1.82) is 0 Å². The van der Waals surface area contributed by atoms with Gasteiger partial charge in [-0.25, -0.2) is 0 Å². The van der Waals surface area contributed by atoms with Crippen molar-refractivity contribution in [2.45, 2.75) is 36.2 Å². The van der Waals surface area contributed by atoms with Crippen LogP contribution in [0.2, 0.25) is 0 Å². The first kappa shape index (κ1) is 19.6. The van der Waals surface area contributed by atoms with Crippen molar-refractivity contribution in [2.75, 3.05) is 31.3 Å². The van der Waals surface area contributed by atoms with Crippen molar-refractivity contribution in [3.05, 3.63) is 23.8 Å². The highest BCUT2D eigenvalue weighted by Gasteiger charge is 2.55. The second kappa shape index (κ2) is 8.06. The molecule has 2 bridgehead atoms. The molecule has 0 aromatic heterocycles. The molecule has 5 nitrogen and oxygen atoms in total. The van der Waals surface area contributed by atoms with Gasteiger partial charge in [-0.2, -0.15) is 0 Å². The van der Waals surface area contributed by atoms with Gasteiger partial charge >= 0.3 is 5.97 Å². The molecule has 3 atom stereocenters. The van der Waals surface area contributed by atoms with Gasteiger partial charge in [-0.15, -0.1) is 23.5 Å². The first-order valence-electron chi connectivity index (χ1n) is 10.5. The molecule has 5 rings (SSSR count). The molecule has 0 amide bonds. The molecule has 2 saturated carbocycles. The molecule has 1 spiro atoms. The molecule has 1 saturated heterocycles. The smallest absolute Gasteiger partial charge is 0.309 e. The molecule has 4 aliphatic rings. The number of carbonyl (C=O) groups excluding carboxylic acids is 2. The van der Waals surface area contributed by atoms with Crippen LogP contribution in [0.5, 0.6) is 11.5 Å². The first-order valence-corrected chi connectivity index (χ1v) is 12.5. The van der Waals surface area contributed by atoms with E-state index in [1.165, 1.54) is 30.8 Å². The van der Waals surface area contributed by atoms with E-state index in [0.29, 0.717) is 46.2 Å². The van der Waals surface area contributed by atoms with E-state index >= 15 is 0 Å². The minimum absolute atomic E-state index is 0.0641. The summed E-state index contributed by atoms with van der Waals surface area (Å²) in [6.45, 7) is 0.778. The topological polar surface area (TPSA) is 61.8 Å². The van der Waals surface area contributed by atoms with Gasteiger partial charge in [0.05, 0.1) is 10.00 Å². The maximum absolute atomic E-state index is 12.8. The highest BCUT2D eigenvalue weighted by molar-refractivity contribution is 8.21. The summed E-state index contributed by atoms with van der Waals surface area (Å²) in [5.41, 5.74) is 0.486. The first-order chi connectivity index (χ1) is 14.2. The molecule has 156 valence electrons. The van der Waals surface area contributed by atoms with Gasteiger partial charge in [0.2, 0.25) is 0 Å². The third-order valence-corrected chi connectivity index (χ3v) is 10.7. The van der Waals surface area contributed by atoms with Crippen LogP contribution >= 0.6 is 23.5 Å². The van der Waals surface area contributed by atoms with E-state index in [4.69, 9.17) is 14.2 Å². The molecule has 29 heavy (non-hydrogen) atoms. The van der Waals surface area contributed by atoms with E-state index in [1.54, 1.807) is 18.2 Å². The molecule has 0 radical (unpaired) electrons. The Morgan fingerprint density at radius 1 is 1.03 bits per heavy atom. The monoisotopic (exact) mass is 434 g/mol. The summed E-state index contributed by atoms with van der Waals surface area (Å²) in [5.74, 6) is 4.41. The predicted octanol–water partition coefficient (Wildman–Crippen LogP) is 4.19. The molecule has 3 fully saturated rings. The Hall–Kier alpha value is -1.34. The Labute approximate surface area is 179 Å². The van der Waals surface area contributed by atoms with Crippen LogP contribution in [-0.2, 0) is 9.53 Å². The fraction of sp³-hybridized carbons (Fsp3) is 0.636. The van der Waals surface area contributed by atoms with Gasteiger partial charge in [-0.3, -0.25) is 9.59 Å². The number of thioether (sulfide) groups is 2. The SMILES string of the molecule is O=C(COC(=O)C1C[C@H]2CCC[C@@H](C1)C21SCCS1)c1ccc2c(c1)OCCO2. The van der Waals surface area contributed by atoms with Gasteiger partial charge in [0.15, 0.2) is 23.9 Å². The summed E-state index contributed by atoms with van der Waals surface area (Å²) in [6.07, 6.45) is 5.54. The van der Waals surface area contributed by atoms with Gasteiger partial charge in [-0.05, 0) is 55.7 Å². The van der Waals surface area contributed by atoms with Crippen LogP contribution in [0, 0.1) is 17.8 Å². The molecule has 2 aliphatic carbocycles. The van der Waals surface area contributed by atoms with E-state index in [-0.39, 0.29) is 24.3 Å². The lowest BCUT2D eigenvalue weighted by atomic mass is 9.67. The third-order valence-electron chi connectivity index (χ3n) is 6.66. The number of hydrogen-bond acceptors (Lipinski definition) is 7. The van der Waals surface area contributed by atoms with Crippen LogP contribution in [0.3, 0.4) is 0 Å². The van der Waals surface area contributed by atoms with Crippen LogP contribution in [0.15, 0.2) is 18.2 Å². The highest BCUT2D eigenvalue weighted by Crippen LogP contribution is 2.64. The van der Waals surface area contributed by atoms with Crippen molar-refractivity contribution in [3.8, 4) is 11.5 Å². The Balaban J connectivity index is 1.20.